The summed E-state index contributed by atoms with van der Waals surface area (Å²) in [5.41, 5.74) is 0. The van der Waals surface area contributed by atoms with Crippen molar-refractivity contribution >= 4 is 25.8 Å². The largest absolute Gasteiger partial charge is 0.465 e. The van der Waals surface area contributed by atoms with Gasteiger partial charge in [0.1, 0.15) is 6.54 Å². The van der Waals surface area contributed by atoms with E-state index < -0.39 is 37.5 Å². The number of carbonyl (C=O) groups is 1. The Labute approximate surface area is 95.3 Å². The molecule has 0 amide bonds. The van der Waals surface area contributed by atoms with E-state index in [1.165, 1.54) is 0 Å². The molecule has 0 unspecified atom stereocenters. The van der Waals surface area contributed by atoms with Crippen LogP contribution in [0.3, 0.4) is 0 Å². The Hall–Kier alpha value is -0.670. The van der Waals surface area contributed by atoms with Crippen LogP contribution >= 0.6 is 0 Å². The second-order valence-corrected chi connectivity index (χ2v) is 7.80. The van der Waals surface area contributed by atoms with Crippen LogP contribution in [0.25, 0.3) is 0 Å². The zero-order valence-electron chi connectivity index (χ0n) is 9.33. The molecule has 7 nitrogen and oxygen atoms in total. The van der Waals surface area contributed by atoms with Crippen molar-refractivity contribution in [3.05, 3.63) is 0 Å². The molecule has 96 valence electrons. The van der Waals surface area contributed by atoms with Gasteiger partial charge in [0.2, 0.25) is 10.0 Å². The van der Waals surface area contributed by atoms with Gasteiger partial charge in [0, 0.05) is 13.3 Å². The molecule has 0 aromatic rings. The van der Waals surface area contributed by atoms with Gasteiger partial charge in [0.25, 0.3) is 0 Å². The molecule has 0 saturated heterocycles. The van der Waals surface area contributed by atoms with Crippen molar-refractivity contribution in [1.82, 2.24) is 4.31 Å². The number of sulfonamides is 1. The van der Waals surface area contributed by atoms with E-state index in [1.807, 2.05) is 0 Å². The molecule has 0 aromatic carbocycles. The van der Waals surface area contributed by atoms with Crippen LogP contribution in [0.5, 0.6) is 0 Å². The fourth-order valence-corrected chi connectivity index (χ4v) is 4.03. The van der Waals surface area contributed by atoms with Crippen molar-refractivity contribution in [3.63, 3.8) is 0 Å². The van der Waals surface area contributed by atoms with Gasteiger partial charge < -0.3 is 4.74 Å². The summed E-state index contributed by atoms with van der Waals surface area (Å²) in [5, 5.41) is -1.02. The molecule has 0 radical (unpaired) electrons. The van der Waals surface area contributed by atoms with E-state index in [9.17, 15) is 21.6 Å². The van der Waals surface area contributed by atoms with Crippen LogP contribution in [0, 0.1) is 0 Å². The fraction of sp³-hybridized carbons (Fsp3) is 0.857. The molecule has 0 atom stereocenters. The van der Waals surface area contributed by atoms with Crippen LogP contribution in [-0.4, -0.2) is 58.7 Å². The van der Waals surface area contributed by atoms with E-state index in [1.54, 1.807) is 6.92 Å². The van der Waals surface area contributed by atoms with Crippen LogP contribution in [0.4, 0.5) is 0 Å². The van der Waals surface area contributed by atoms with Gasteiger partial charge in [-0.15, -0.1) is 0 Å². The number of likely N-dealkylation sites (N-methyl/N-ethyl adjacent to an activating group) is 1. The SMILES string of the molecule is CCOC(=O)CN(C)S(=O)(=O)CS(C)(=O)=O. The van der Waals surface area contributed by atoms with E-state index >= 15 is 0 Å². The molecule has 0 aromatic heterocycles. The first kappa shape index (κ1) is 15.3. The first-order chi connectivity index (χ1) is 7.08. The number of sulfone groups is 1. The molecular weight excluding hydrogens is 258 g/mol. The first-order valence-corrected chi connectivity index (χ1v) is 8.03. The normalized spacial score (nSPS) is 12.8. The highest BCUT2D eigenvalue weighted by molar-refractivity contribution is 8.06. The Morgan fingerprint density at radius 1 is 1.25 bits per heavy atom. The lowest BCUT2D eigenvalue weighted by atomic mass is 10.6. The molecule has 0 heterocycles. The van der Waals surface area contributed by atoms with E-state index in [0.29, 0.717) is 4.31 Å². The minimum absolute atomic E-state index is 0.138. The number of nitrogens with zero attached hydrogens (tertiary/aromatic N) is 1. The molecule has 0 N–H and O–H groups in total. The quantitative estimate of drug-likeness (QED) is 0.565. The van der Waals surface area contributed by atoms with E-state index in [0.717, 1.165) is 13.3 Å². The summed E-state index contributed by atoms with van der Waals surface area (Å²) < 4.78 is 49.7. The minimum atomic E-state index is -3.99. The molecule has 0 spiro atoms. The third kappa shape index (κ3) is 6.03. The molecule has 0 bridgehead atoms. The lowest BCUT2D eigenvalue weighted by Crippen LogP contribution is -2.36. The van der Waals surface area contributed by atoms with Gasteiger partial charge >= 0.3 is 5.97 Å². The molecular formula is C7H15NO6S2. The molecule has 0 aliphatic rings. The van der Waals surface area contributed by atoms with Gasteiger partial charge in [0.15, 0.2) is 14.9 Å². The molecule has 0 aliphatic carbocycles. The van der Waals surface area contributed by atoms with Gasteiger partial charge in [-0.25, -0.2) is 16.8 Å². The highest BCUT2D eigenvalue weighted by Gasteiger charge is 2.25. The lowest BCUT2D eigenvalue weighted by molar-refractivity contribution is -0.143. The second-order valence-electron chi connectivity index (χ2n) is 3.22. The van der Waals surface area contributed by atoms with Crippen molar-refractivity contribution in [2.24, 2.45) is 0 Å². The zero-order chi connectivity index (χ0) is 13.0. The predicted octanol–water partition coefficient (Wildman–Crippen LogP) is -1.19. The van der Waals surface area contributed by atoms with Crippen LogP contribution in [0.15, 0.2) is 0 Å². The molecule has 0 aliphatic heterocycles. The summed E-state index contributed by atoms with van der Waals surface area (Å²) >= 11 is 0. The third-order valence-corrected chi connectivity index (χ3v) is 5.48. The van der Waals surface area contributed by atoms with Crippen LogP contribution < -0.4 is 0 Å². The predicted molar refractivity (Wildman–Crippen MR) is 57.9 cm³/mol. The van der Waals surface area contributed by atoms with Crippen molar-refractivity contribution in [3.8, 4) is 0 Å². The van der Waals surface area contributed by atoms with Gasteiger partial charge in [-0.05, 0) is 6.92 Å². The number of ether oxygens (including phenoxy) is 1. The van der Waals surface area contributed by atoms with Gasteiger partial charge in [0.05, 0.1) is 6.61 Å². The smallest absolute Gasteiger partial charge is 0.321 e. The highest BCUT2D eigenvalue weighted by Crippen LogP contribution is 2.02. The molecule has 0 fully saturated rings. The summed E-state index contributed by atoms with van der Waals surface area (Å²) in [4.78, 5) is 11.0. The van der Waals surface area contributed by atoms with Gasteiger partial charge in [-0.2, -0.15) is 4.31 Å². The molecule has 0 rings (SSSR count). The highest BCUT2D eigenvalue weighted by atomic mass is 32.3. The van der Waals surface area contributed by atoms with Crippen molar-refractivity contribution in [1.29, 1.82) is 0 Å². The number of carbonyl (C=O) groups excluding carboxylic acids is 1. The average Bonchev–Trinajstić information content (AvgIpc) is 1.99. The van der Waals surface area contributed by atoms with Crippen molar-refractivity contribution in [2.45, 2.75) is 6.92 Å². The summed E-state index contributed by atoms with van der Waals surface area (Å²) in [6.07, 6.45) is 0.808. The van der Waals surface area contributed by atoms with Crippen LogP contribution in [-0.2, 0) is 29.4 Å². The Morgan fingerprint density at radius 2 is 1.75 bits per heavy atom. The fourth-order valence-electron chi connectivity index (χ4n) is 0.847. The Bertz CT molecular complexity index is 437. The van der Waals surface area contributed by atoms with Crippen LogP contribution in [0.1, 0.15) is 6.92 Å². The number of esters is 1. The van der Waals surface area contributed by atoms with Gasteiger partial charge in [-0.1, -0.05) is 0 Å². The number of hydrogen-bond donors (Lipinski definition) is 0. The minimum Gasteiger partial charge on any atom is -0.465 e. The van der Waals surface area contributed by atoms with Gasteiger partial charge in [-0.3, -0.25) is 4.79 Å². The maximum Gasteiger partial charge on any atom is 0.321 e. The summed E-state index contributed by atoms with van der Waals surface area (Å²) in [6, 6.07) is 0. The van der Waals surface area contributed by atoms with Crippen LogP contribution in [0.2, 0.25) is 0 Å². The monoisotopic (exact) mass is 273 g/mol. The van der Waals surface area contributed by atoms with E-state index in [4.69, 9.17) is 0 Å². The van der Waals surface area contributed by atoms with Crippen molar-refractivity contribution in [2.75, 3.05) is 31.5 Å². The Balaban J connectivity index is 4.60. The zero-order valence-corrected chi connectivity index (χ0v) is 11.0. The molecule has 16 heavy (non-hydrogen) atoms. The maximum absolute atomic E-state index is 11.4. The second kappa shape index (κ2) is 5.60. The summed E-state index contributed by atoms with van der Waals surface area (Å²) in [7, 11) is -6.52. The molecule has 9 heteroatoms. The first-order valence-electron chi connectivity index (χ1n) is 4.36. The molecule has 0 saturated carbocycles. The van der Waals surface area contributed by atoms with E-state index in [2.05, 4.69) is 4.74 Å². The maximum atomic E-state index is 11.4. The standard InChI is InChI=1S/C7H15NO6S2/c1-4-14-7(9)5-8(2)16(12,13)6-15(3,10)11/h4-6H2,1-3H3. The average molecular weight is 273 g/mol. The lowest BCUT2D eigenvalue weighted by Gasteiger charge is -2.15. The third-order valence-electron chi connectivity index (χ3n) is 1.49. The number of hydrogen-bond acceptors (Lipinski definition) is 6. The Morgan fingerprint density at radius 3 is 2.12 bits per heavy atom. The van der Waals surface area contributed by atoms with E-state index in [-0.39, 0.29) is 6.61 Å². The topological polar surface area (TPSA) is 97.8 Å². The summed E-state index contributed by atoms with van der Waals surface area (Å²) in [5.74, 6) is -0.720. The number of rotatable bonds is 6. The summed E-state index contributed by atoms with van der Waals surface area (Å²) in [6.45, 7) is 1.23. The van der Waals surface area contributed by atoms with Crippen molar-refractivity contribution < 1.29 is 26.4 Å². The Kier molecular flexibility index (Phi) is 5.36.